The fourth-order valence-corrected chi connectivity index (χ4v) is 4.48. The molecule has 1 aliphatic carbocycles. The Morgan fingerprint density at radius 3 is 2.50 bits per heavy atom. The molecule has 0 fully saturated rings. The minimum absolute atomic E-state index is 0.0200. The highest BCUT2D eigenvalue weighted by atomic mass is 35.5. The van der Waals surface area contributed by atoms with E-state index in [1.54, 1.807) is 6.07 Å². The number of rotatable bonds is 2. The lowest BCUT2D eigenvalue weighted by atomic mass is 9.73. The Morgan fingerprint density at radius 1 is 0.923 bits per heavy atom. The third kappa shape index (κ3) is 3.17. The van der Waals surface area contributed by atoms with Gasteiger partial charge in [0.15, 0.2) is 5.78 Å². The minimum Gasteiger partial charge on any atom is -0.329 e. The molecule has 4 rings (SSSR count). The molecular formula is C21H17Cl2NO2. The van der Waals surface area contributed by atoms with Gasteiger partial charge in [0, 0.05) is 40.1 Å². The largest absolute Gasteiger partial charge is 0.329 e. The van der Waals surface area contributed by atoms with E-state index < -0.39 is 0 Å². The van der Waals surface area contributed by atoms with Crippen molar-refractivity contribution in [3.63, 3.8) is 0 Å². The van der Waals surface area contributed by atoms with Gasteiger partial charge in [0.05, 0.1) is 0 Å². The van der Waals surface area contributed by atoms with Crippen molar-refractivity contribution >= 4 is 34.9 Å². The van der Waals surface area contributed by atoms with E-state index in [4.69, 9.17) is 23.2 Å². The number of hydrogen-bond acceptors (Lipinski definition) is 2. The van der Waals surface area contributed by atoms with E-state index in [1.165, 1.54) is 0 Å². The summed E-state index contributed by atoms with van der Waals surface area (Å²) in [5.41, 5.74) is 3.31. The Hall–Kier alpha value is -2.10. The molecule has 0 radical (unpaired) electrons. The molecule has 1 amide bonds. The highest BCUT2D eigenvalue weighted by Crippen LogP contribution is 2.43. The van der Waals surface area contributed by atoms with Gasteiger partial charge in [0.1, 0.15) is 0 Å². The van der Waals surface area contributed by atoms with Gasteiger partial charge in [0.2, 0.25) is 5.91 Å². The first-order valence-corrected chi connectivity index (χ1v) is 9.34. The second-order valence-corrected chi connectivity index (χ2v) is 7.65. The van der Waals surface area contributed by atoms with Crippen molar-refractivity contribution in [2.45, 2.75) is 31.1 Å². The van der Waals surface area contributed by atoms with E-state index in [0.29, 0.717) is 22.9 Å². The number of ketones is 1. The zero-order valence-electron chi connectivity index (χ0n) is 14.0. The van der Waals surface area contributed by atoms with Crippen LogP contribution in [0.25, 0.3) is 0 Å². The summed E-state index contributed by atoms with van der Waals surface area (Å²) in [6, 6.07) is 15.0. The Morgan fingerprint density at radius 2 is 1.73 bits per heavy atom. The van der Waals surface area contributed by atoms with E-state index in [9.17, 15) is 9.59 Å². The SMILES string of the molecule is O=C1C[C@H](c2cccc(Cl)c2)C2=C(C[C@@H](c3ccccc3Cl)CC2=O)N1. The number of hydrogen-bond donors (Lipinski definition) is 1. The zero-order chi connectivity index (χ0) is 18.3. The molecule has 26 heavy (non-hydrogen) atoms. The van der Waals surface area contributed by atoms with Crippen LogP contribution in [0.15, 0.2) is 59.8 Å². The van der Waals surface area contributed by atoms with Crippen LogP contribution in [0.1, 0.15) is 42.2 Å². The predicted molar refractivity (Wildman–Crippen MR) is 102 cm³/mol. The lowest BCUT2D eigenvalue weighted by Crippen LogP contribution is -2.38. The molecule has 0 saturated heterocycles. The van der Waals surface area contributed by atoms with Crippen LogP contribution in [-0.4, -0.2) is 11.7 Å². The molecule has 1 N–H and O–H groups in total. The molecule has 2 aliphatic rings. The Kier molecular flexibility index (Phi) is 4.60. The molecule has 132 valence electrons. The highest BCUT2D eigenvalue weighted by molar-refractivity contribution is 6.31. The summed E-state index contributed by atoms with van der Waals surface area (Å²) in [6.07, 6.45) is 1.27. The van der Waals surface area contributed by atoms with Crippen LogP contribution in [0.2, 0.25) is 10.0 Å². The molecule has 0 bridgehead atoms. The summed E-state index contributed by atoms with van der Waals surface area (Å²) < 4.78 is 0. The Bertz CT molecular complexity index is 935. The molecule has 1 heterocycles. The predicted octanol–water partition coefficient (Wildman–Crippen LogP) is 5.00. The number of nitrogens with one attached hydrogen (secondary N) is 1. The van der Waals surface area contributed by atoms with E-state index in [-0.39, 0.29) is 29.9 Å². The summed E-state index contributed by atoms with van der Waals surface area (Å²) >= 11 is 12.4. The maximum Gasteiger partial charge on any atom is 0.225 e. The van der Waals surface area contributed by atoms with Crippen molar-refractivity contribution < 1.29 is 9.59 Å². The second kappa shape index (κ2) is 6.90. The standard InChI is InChI=1S/C21H17Cl2NO2/c22-14-5-3-4-12(8-14)16-11-20(26)24-18-9-13(10-19(25)21(16)18)15-6-1-2-7-17(15)23/h1-8,13,16H,9-11H2,(H,24,26)/t13-,16-/m1/s1. The topological polar surface area (TPSA) is 46.2 Å². The number of halogens is 2. The van der Waals surface area contributed by atoms with Gasteiger partial charge in [0.25, 0.3) is 0 Å². The maximum absolute atomic E-state index is 13.0. The van der Waals surface area contributed by atoms with Gasteiger partial charge in [-0.2, -0.15) is 0 Å². The number of benzene rings is 2. The number of Topliss-reactive ketones (excluding diaryl/α,β-unsaturated/α-hetero) is 1. The van der Waals surface area contributed by atoms with Crippen molar-refractivity contribution in [2.75, 3.05) is 0 Å². The first-order chi connectivity index (χ1) is 12.5. The fourth-order valence-electron chi connectivity index (χ4n) is 3.99. The van der Waals surface area contributed by atoms with Gasteiger partial charge in [-0.1, -0.05) is 53.5 Å². The van der Waals surface area contributed by atoms with E-state index >= 15 is 0 Å². The quantitative estimate of drug-likeness (QED) is 0.790. The lowest BCUT2D eigenvalue weighted by molar-refractivity contribution is -0.122. The van der Waals surface area contributed by atoms with Crippen LogP contribution < -0.4 is 5.32 Å². The molecule has 0 aromatic heterocycles. The van der Waals surface area contributed by atoms with Crippen molar-refractivity contribution in [2.24, 2.45) is 0 Å². The molecule has 1 aliphatic heterocycles. The van der Waals surface area contributed by atoms with Crippen LogP contribution in [0.5, 0.6) is 0 Å². The highest BCUT2D eigenvalue weighted by Gasteiger charge is 2.38. The van der Waals surface area contributed by atoms with E-state index in [1.807, 2.05) is 42.5 Å². The third-order valence-corrected chi connectivity index (χ3v) is 5.71. The van der Waals surface area contributed by atoms with Crippen molar-refractivity contribution in [1.29, 1.82) is 0 Å². The second-order valence-electron chi connectivity index (χ2n) is 6.80. The van der Waals surface area contributed by atoms with Crippen LogP contribution >= 0.6 is 23.2 Å². The van der Waals surface area contributed by atoms with Crippen LogP contribution in [-0.2, 0) is 9.59 Å². The summed E-state index contributed by atoms with van der Waals surface area (Å²) in [4.78, 5) is 25.3. The molecule has 5 heteroatoms. The first-order valence-electron chi connectivity index (χ1n) is 8.59. The third-order valence-electron chi connectivity index (χ3n) is 5.13. The smallest absolute Gasteiger partial charge is 0.225 e. The zero-order valence-corrected chi connectivity index (χ0v) is 15.5. The molecule has 2 atom stereocenters. The molecule has 0 saturated carbocycles. The summed E-state index contributed by atoms with van der Waals surface area (Å²) in [7, 11) is 0. The van der Waals surface area contributed by atoms with Crippen LogP contribution in [0, 0.1) is 0 Å². The molecule has 3 nitrogen and oxygen atoms in total. The number of carbonyl (C=O) groups is 2. The Balaban J connectivity index is 1.74. The van der Waals surface area contributed by atoms with Gasteiger partial charge < -0.3 is 5.32 Å². The maximum atomic E-state index is 13.0. The van der Waals surface area contributed by atoms with Crippen molar-refractivity contribution in [1.82, 2.24) is 5.32 Å². The molecule has 0 unspecified atom stereocenters. The summed E-state index contributed by atoms with van der Waals surface area (Å²) in [5.74, 6) is -0.256. The van der Waals surface area contributed by atoms with Gasteiger partial charge in [-0.3, -0.25) is 9.59 Å². The van der Waals surface area contributed by atoms with Crippen molar-refractivity contribution in [3.8, 4) is 0 Å². The average molecular weight is 386 g/mol. The number of allylic oxidation sites excluding steroid dienone is 2. The van der Waals surface area contributed by atoms with Gasteiger partial charge >= 0.3 is 0 Å². The normalized spacial score (nSPS) is 22.8. The van der Waals surface area contributed by atoms with Gasteiger partial charge in [-0.05, 0) is 41.7 Å². The van der Waals surface area contributed by atoms with E-state index in [2.05, 4.69) is 5.32 Å². The van der Waals surface area contributed by atoms with Crippen molar-refractivity contribution in [3.05, 3.63) is 81.0 Å². The molecular weight excluding hydrogens is 369 g/mol. The monoisotopic (exact) mass is 385 g/mol. The first kappa shape index (κ1) is 17.3. The average Bonchev–Trinajstić information content (AvgIpc) is 2.61. The number of carbonyl (C=O) groups excluding carboxylic acids is 2. The van der Waals surface area contributed by atoms with Gasteiger partial charge in [-0.25, -0.2) is 0 Å². The minimum atomic E-state index is -0.239. The van der Waals surface area contributed by atoms with E-state index in [0.717, 1.165) is 22.4 Å². The summed E-state index contributed by atoms with van der Waals surface area (Å²) in [5, 5.41) is 4.19. The summed E-state index contributed by atoms with van der Waals surface area (Å²) in [6.45, 7) is 0. The van der Waals surface area contributed by atoms with Crippen LogP contribution in [0.3, 0.4) is 0 Å². The molecule has 2 aromatic carbocycles. The lowest BCUT2D eigenvalue weighted by Gasteiger charge is -2.34. The number of amides is 1. The van der Waals surface area contributed by atoms with Crippen LogP contribution in [0.4, 0.5) is 0 Å². The molecule has 2 aromatic rings. The molecule has 0 spiro atoms. The Labute approximate surface area is 162 Å². The fraction of sp³-hybridized carbons (Fsp3) is 0.238. The van der Waals surface area contributed by atoms with Gasteiger partial charge in [-0.15, -0.1) is 0 Å².